The predicted octanol–water partition coefficient (Wildman–Crippen LogP) is 4.37. The summed E-state index contributed by atoms with van der Waals surface area (Å²) in [4.78, 5) is 36.0. The molecule has 32 heavy (non-hydrogen) atoms. The van der Waals surface area contributed by atoms with Gasteiger partial charge in [0.15, 0.2) is 0 Å². The van der Waals surface area contributed by atoms with Gasteiger partial charge in [-0.05, 0) is 48.2 Å². The van der Waals surface area contributed by atoms with Crippen LogP contribution in [-0.2, 0) is 16.1 Å². The molecule has 0 radical (unpaired) electrons. The van der Waals surface area contributed by atoms with Crippen molar-refractivity contribution in [1.82, 2.24) is 5.32 Å². The van der Waals surface area contributed by atoms with Gasteiger partial charge >= 0.3 is 11.6 Å². The molecule has 1 heterocycles. The lowest BCUT2D eigenvalue weighted by Crippen LogP contribution is -2.27. The highest BCUT2D eigenvalue weighted by Gasteiger charge is 2.15. The third-order valence-corrected chi connectivity index (χ3v) is 5.02. The molecule has 0 unspecified atom stereocenters. The van der Waals surface area contributed by atoms with Gasteiger partial charge in [0.05, 0.1) is 12.0 Å². The van der Waals surface area contributed by atoms with Crippen LogP contribution in [0.1, 0.15) is 53.2 Å². The Morgan fingerprint density at radius 2 is 1.88 bits per heavy atom. The van der Waals surface area contributed by atoms with Crippen molar-refractivity contribution in [1.29, 1.82) is 0 Å². The number of benzene rings is 2. The van der Waals surface area contributed by atoms with E-state index in [0.29, 0.717) is 22.6 Å². The second kappa shape index (κ2) is 9.72. The number of ether oxygens (including phenoxy) is 1. The molecule has 3 aromatic rings. The van der Waals surface area contributed by atoms with Gasteiger partial charge in [0.25, 0.3) is 5.91 Å². The number of aryl methyl sites for hydroxylation is 1. The van der Waals surface area contributed by atoms with Crippen molar-refractivity contribution in [3.05, 3.63) is 80.7 Å². The van der Waals surface area contributed by atoms with Crippen LogP contribution < -0.4 is 10.9 Å². The standard InChI is InChI=1S/C24H23F2NO5/c1-13(2)18-11-19-15(9-23(29)32-21(19)8-14(18)3)12-31-22(28)6-7-27-24(30)17-5-4-16(25)10-20(17)26/h4-5,8-11,13H,6-7,12H2,1-3H3,(H,27,30). The van der Waals surface area contributed by atoms with E-state index in [-0.39, 0.29) is 31.1 Å². The maximum Gasteiger partial charge on any atom is 0.336 e. The van der Waals surface area contributed by atoms with E-state index in [0.717, 1.165) is 23.3 Å². The first-order valence-electron chi connectivity index (χ1n) is 10.1. The van der Waals surface area contributed by atoms with Gasteiger partial charge in [-0.15, -0.1) is 0 Å². The SMILES string of the molecule is Cc1cc2oc(=O)cc(COC(=O)CCNC(=O)c3ccc(F)cc3F)c2cc1C(C)C. The topological polar surface area (TPSA) is 85.6 Å². The van der Waals surface area contributed by atoms with Crippen molar-refractivity contribution in [2.24, 2.45) is 0 Å². The van der Waals surface area contributed by atoms with Gasteiger partial charge in [0, 0.05) is 29.6 Å². The third kappa shape index (κ3) is 5.38. The molecule has 2 aromatic carbocycles. The number of halogens is 2. The normalized spacial score (nSPS) is 11.1. The number of carbonyl (C=O) groups is 2. The molecule has 8 heteroatoms. The average Bonchev–Trinajstić information content (AvgIpc) is 2.71. The first-order valence-corrected chi connectivity index (χ1v) is 10.1. The van der Waals surface area contributed by atoms with Gasteiger partial charge in [-0.3, -0.25) is 9.59 Å². The molecular formula is C24H23F2NO5. The zero-order valence-corrected chi connectivity index (χ0v) is 18.0. The number of esters is 1. The molecule has 0 atom stereocenters. The van der Waals surface area contributed by atoms with Crippen molar-refractivity contribution in [3.63, 3.8) is 0 Å². The average molecular weight is 443 g/mol. The molecule has 6 nitrogen and oxygen atoms in total. The number of carbonyl (C=O) groups excluding carboxylic acids is 2. The lowest BCUT2D eigenvalue weighted by molar-refractivity contribution is -0.144. The Bertz CT molecular complexity index is 1230. The molecule has 1 N–H and O–H groups in total. The Hall–Kier alpha value is -3.55. The monoisotopic (exact) mass is 443 g/mol. The number of hydrogen-bond acceptors (Lipinski definition) is 5. The van der Waals surface area contributed by atoms with Crippen LogP contribution in [0, 0.1) is 18.6 Å². The summed E-state index contributed by atoms with van der Waals surface area (Å²) < 4.78 is 37.1. The molecule has 0 aliphatic rings. The van der Waals surface area contributed by atoms with Crippen LogP contribution in [0.3, 0.4) is 0 Å². The highest BCUT2D eigenvalue weighted by molar-refractivity contribution is 5.94. The van der Waals surface area contributed by atoms with Crippen LogP contribution in [0.4, 0.5) is 8.78 Å². The quantitative estimate of drug-likeness (QED) is 0.433. The van der Waals surface area contributed by atoms with Gasteiger partial charge in [-0.2, -0.15) is 0 Å². The summed E-state index contributed by atoms with van der Waals surface area (Å²) in [5.41, 5.74) is 2.16. The maximum absolute atomic E-state index is 13.6. The fourth-order valence-corrected chi connectivity index (χ4v) is 3.41. The van der Waals surface area contributed by atoms with Gasteiger partial charge in [-0.1, -0.05) is 13.8 Å². The Kier molecular flexibility index (Phi) is 7.02. The second-order valence-electron chi connectivity index (χ2n) is 7.74. The number of hydrogen-bond donors (Lipinski definition) is 1. The first kappa shape index (κ1) is 23.1. The summed E-state index contributed by atoms with van der Waals surface area (Å²) >= 11 is 0. The Morgan fingerprint density at radius 3 is 2.56 bits per heavy atom. The highest BCUT2D eigenvalue weighted by atomic mass is 19.1. The van der Waals surface area contributed by atoms with E-state index in [4.69, 9.17) is 9.15 Å². The minimum absolute atomic E-state index is 0.0944. The van der Waals surface area contributed by atoms with Crippen molar-refractivity contribution >= 4 is 22.8 Å². The maximum atomic E-state index is 13.6. The van der Waals surface area contributed by atoms with Crippen LogP contribution in [0.25, 0.3) is 11.0 Å². The molecule has 3 rings (SSSR count). The Labute approximate surface area is 183 Å². The zero-order valence-electron chi connectivity index (χ0n) is 18.0. The van der Waals surface area contributed by atoms with Crippen LogP contribution in [0.15, 0.2) is 45.6 Å². The number of fused-ring (bicyclic) bond motifs is 1. The zero-order chi connectivity index (χ0) is 23.4. The fraction of sp³-hybridized carbons (Fsp3) is 0.292. The van der Waals surface area contributed by atoms with Gasteiger partial charge in [-0.25, -0.2) is 13.6 Å². The van der Waals surface area contributed by atoms with Crippen LogP contribution in [0.5, 0.6) is 0 Å². The Morgan fingerprint density at radius 1 is 1.12 bits per heavy atom. The summed E-state index contributed by atoms with van der Waals surface area (Å²) in [6.45, 7) is 5.82. The van der Waals surface area contributed by atoms with E-state index in [1.165, 1.54) is 6.07 Å². The highest BCUT2D eigenvalue weighted by Crippen LogP contribution is 2.27. The number of nitrogens with one attached hydrogen (secondary N) is 1. The summed E-state index contributed by atoms with van der Waals surface area (Å²) in [6, 6.07) is 7.61. The van der Waals surface area contributed by atoms with Crippen molar-refractivity contribution in [3.8, 4) is 0 Å². The van der Waals surface area contributed by atoms with E-state index in [9.17, 15) is 23.2 Å². The van der Waals surface area contributed by atoms with Gasteiger partial charge in [0.1, 0.15) is 23.8 Å². The number of amides is 1. The Balaban J connectivity index is 1.62. The first-order chi connectivity index (χ1) is 15.2. The molecule has 168 valence electrons. The van der Waals surface area contributed by atoms with Crippen molar-refractivity contribution in [2.75, 3.05) is 6.54 Å². The largest absolute Gasteiger partial charge is 0.461 e. The molecule has 0 fully saturated rings. The molecule has 0 aliphatic carbocycles. The lowest BCUT2D eigenvalue weighted by atomic mass is 9.95. The lowest BCUT2D eigenvalue weighted by Gasteiger charge is -2.13. The summed E-state index contributed by atoms with van der Waals surface area (Å²) in [7, 11) is 0. The van der Waals surface area contributed by atoms with Crippen LogP contribution >= 0.6 is 0 Å². The smallest absolute Gasteiger partial charge is 0.336 e. The predicted molar refractivity (Wildman–Crippen MR) is 114 cm³/mol. The van der Waals surface area contributed by atoms with E-state index in [1.54, 1.807) is 6.07 Å². The van der Waals surface area contributed by atoms with Crippen molar-refractivity contribution in [2.45, 2.75) is 39.7 Å². The molecule has 1 amide bonds. The minimum atomic E-state index is -0.990. The van der Waals surface area contributed by atoms with Gasteiger partial charge < -0.3 is 14.5 Å². The molecule has 0 spiro atoms. The molecular weight excluding hydrogens is 420 g/mol. The molecule has 0 saturated carbocycles. The van der Waals surface area contributed by atoms with Gasteiger partial charge in [0.2, 0.25) is 0 Å². The molecule has 0 aliphatic heterocycles. The summed E-state index contributed by atoms with van der Waals surface area (Å²) in [6.07, 6.45) is -0.162. The van der Waals surface area contributed by atoms with Crippen LogP contribution in [-0.4, -0.2) is 18.4 Å². The van der Waals surface area contributed by atoms with E-state index >= 15 is 0 Å². The molecule has 1 aromatic heterocycles. The van der Waals surface area contributed by atoms with Crippen molar-refractivity contribution < 1.29 is 27.5 Å². The molecule has 0 saturated heterocycles. The van der Waals surface area contributed by atoms with Crippen LogP contribution in [0.2, 0.25) is 0 Å². The van der Waals surface area contributed by atoms with E-state index < -0.39 is 29.1 Å². The third-order valence-electron chi connectivity index (χ3n) is 5.02. The summed E-state index contributed by atoms with van der Waals surface area (Å²) in [5.74, 6) is -2.89. The summed E-state index contributed by atoms with van der Waals surface area (Å²) in [5, 5.41) is 3.07. The van der Waals surface area contributed by atoms with E-state index in [2.05, 4.69) is 19.2 Å². The minimum Gasteiger partial charge on any atom is -0.461 e. The molecule has 0 bridgehead atoms. The second-order valence-corrected chi connectivity index (χ2v) is 7.74. The fourth-order valence-electron chi connectivity index (χ4n) is 3.41. The van der Waals surface area contributed by atoms with E-state index in [1.807, 2.05) is 13.0 Å². The number of rotatable bonds is 7.